The van der Waals surface area contributed by atoms with Gasteiger partial charge in [0.2, 0.25) is 5.88 Å². The molecule has 3 aromatic rings. The molecule has 0 aliphatic carbocycles. The van der Waals surface area contributed by atoms with E-state index in [2.05, 4.69) is 41.3 Å². The summed E-state index contributed by atoms with van der Waals surface area (Å²) in [4.78, 5) is 13.6. The monoisotopic (exact) mass is 378 g/mol. The molecule has 0 atom stereocenters. The summed E-state index contributed by atoms with van der Waals surface area (Å²) in [7, 11) is 0. The molecule has 0 saturated carbocycles. The molecule has 0 unspecified atom stereocenters. The summed E-state index contributed by atoms with van der Waals surface area (Å²) in [6.45, 7) is 9.10. The first-order chi connectivity index (χ1) is 13.6. The molecule has 0 saturated heterocycles. The molecule has 6 nitrogen and oxygen atoms in total. The van der Waals surface area contributed by atoms with Crippen molar-refractivity contribution < 1.29 is 9.15 Å². The second-order valence-corrected chi connectivity index (χ2v) is 6.42. The van der Waals surface area contributed by atoms with Crippen molar-refractivity contribution in [2.24, 2.45) is 0 Å². The molecule has 0 bridgehead atoms. The zero-order valence-electron chi connectivity index (χ0n) is 16.8. The highest BCUT2D eigenvalue weighted by atomic mass is 16.5. The van der Waals surface area contributed by atoms with Gasteiger partial charge in [0.05, 0.1) is 35.8 Å². The van der Waals surface area contributed by atoms with Crippen LogP contribution in [0.1, 0.15) is 44.5 Å². The van der Waals surface area contributed by atoms with Crippen LogP contribution in [-0.4, -0.2) is 21.6 Å². The first-order valence-corrected chi connectivity index (χ1v) is 9.53. The molecule has 0 aliphatic heterocycles. The maximum atomic E-state index is 5.70. The minimum atomic E-state index is 0.551. The number of nitrogens with zero attached hydrogens (tertiary/aromatic N) is 3. The van der Waals surface area contributed by atoms with Gasteiger partial charge in [0.15, 0.2) is 5.89 Å². The lowest BCUT2D eigenvalue weighted by Crippen LogP contribution is -2.03. The van der Waals surface area contributed by atoms with Gasteiger partial charge in [-0.05, 0) is 50.1 Å². The Labute approximate surface area is 165 Å². The highest BCUT2D eigenvalue weighted by Crippen LogP contribution is 2.30. The Bertz CT molecular complexity index is 963. The van der Waals surface area contributed by atoms with Crippen molar-refractivity contribution in [2.45, 2.75) is 40.7 Å². The zero-order valence-corrected chi connectivity index (χ0v) is 16.8. The molecule has 3 heterocycles. The maximum absolute atomic E-state index is 5.70. The van der Waals surface area contributed by atoms with Crippen LogP contribution in [0.25, 0.3) is 16.8 Å². The fourth-order valence-electron chi connectivity index (χ4n) is 2.90. The largest absolute Gasteiger partial charge is 0.477 e. The minimum Gasteiger partial charge on any atom is -0.477 e. The number of aryl methyl sites for hydroxylation is 1. The molecule has 0 amide bonds. The summed E-state index contributed by atoms with van der Waals surface area (Å²) in [5.74, 6) is 1.25. The van der Waals surface area contributed by atoms with Gasteiger partial charge in [-0.1, -0.05) is 13.0 Å². The van der Waals surface area contributed by atoms with E-state index < -0.39 is 0 Å². The Kier molecular flexibility index (Phi) is 6.42. The van der Waals surface area contributed by atoms with Crippen LogP contribution in [0.3, 0.4) is 0 Å². The van der Waals surface area contributed by atoms with Crippen LogP contribution in [0.2, 0.25) is 0 Å². The van der Waals surface area contributed by atoms with E-state index in [0.29, 0.717) is 24.9 Å². The average Bonchev–Trinajstić information content (AvgIpc) is 3.12. The van der Waals surface area contributed by atoms with Crippen LogP contribution in [0.4, 0.5) is 5.69 Å². The molecule has 0 aromatic carbocycles. The van der Waals surface area contributed by atoms with E-state index in [9.17, 15) is 0 Å². The van der Waals surface area contributed by atoms with Gasteiger partial charge in [-0.3, -0.25) is 0 Å². The predicted molar refractivity (Wildman–Crippen MR) is 111 cm³/mol. The summed E-state index contributed by atoms with van der Waals surface area (Å²) in [6.07, 6.45) is 6.52. The second-order valence-electron chi connectivity index (χ2n) is 6.42. The van der Waals surface area contributed by atoms with E-state index in [0.717, 1.165) is 40.3 Å². The predicted octanol–water partition coefficient (Wildman–Crippen LogP) is 5.26. The van der Waals surface area contributed by atoms with E-state index >= 15 is 0 Å². The molecule has 3 rings (SSSR count). The second kappa shape index (κ2) is 9.17. The Morgan fingerprint density at radius 2 is 2.11 bits per heavy atom. The number of allylic oxidation sites excluding steroid dienone is 2. The van der Waals surface area contributed by atoms with Gasteiger partial charge in [-0.15, -0.1) is 0 Å². The number of ether oxygens (including phenoxy) is 1. The summed E-state index contributed by atoms with van der Waals surface area (Å²) in [5, 5.41) is 3.42. The molecular weight excluding hydrogens is 352 g/mol. The van der Waals surface area contributed by atoms with Crippen molar-refractivity contribution in [1.82, 2.24) is 15.0 Å². The summed E-state index contributed by atoms with van der Waals surface area (Å²) < 4.78 is 11.0. The number of anilines is 1. The van der Waals surface area contributed by atoms with Crippen LogP contribution in [0.15, 0.2) is 47.2 Å². The summed E-state index contributed by atoms with van der Waals surface area (Å²) in [6, 6.07) is 7.93. The molecule has 28 heavy (non-hydrogen) atoms. The molecule has 146 valence electrons. The molecule has 6 heteroatoms. The van der Waals surface area contributed by atoms with Crippen molar-refractivity contribution in [1.29, 1.82) is 0 Å². The molecule has 0 radical (unpaired) electrons. The molecule has 3 aromatic heterocycles. The van der Waals surface area contributed by atoms with Crippen LogP contribution in [-0.2, 0) is 6.54 Å². The van der Waals surface area contributed by atoms with Gasteiger partial charge >= 0.3 is 0 Å². The van der Waals surface area contributed by atoms with Crippen molar-refractivity contribution in [3.05, 3.63) is 60.1 Å². The molecule has 0 spiro atoms. The van der Waals surface area contributed by atoms with E-state index in [1.807, 2.05) is 32.0 Å². The number of rotatable bonds is 8. The minimum absolute atomic E-state index is 0.551. The lowest BCUT2D eigenvalue weighted by molar-refractivity contribution is 0.328. The van der Waals surface area contributed by atoms with Gasteiger partial charge in [0.1, 0.15) is 6.26 Å². The zero-order chi connectivity index (χ0) is 19.9. The summed E-state index contributed by atoms with van der Waals surface area (Å²) >= 11 is 0. The SMILES string of the molecule is CCC=C(C)c1cc(NCc2coc(C)n2)cc(-c2cccnc2OCC)n1. The maximum Gasteiger partial charge on any atom is 0.222 e. The first kappa shape index (κ1) is 19.6. The quantitative estimate of drug-likeness (QED) is 0.576. The van der Waals surface area contributed by atoms with Crippen LogP contribution in [0.5, 0.6) is 5.88 Å². The Morgan fingerprint density at radius 3 is 2.82 bits per heavy atom. The number of aromatic nitrogens is 3. The third-order valence-corrected chi connectivity index (χ3v) is 4.21. The van der Waals surface area contributed by atoms with Gasteiger partial charge in [-0.25, -0.2) is 15.0 Å². The number of hydrogen-bond acceptors (Lipinski definition) is 6. The highest BCUT2D eigenvalue weighted by Gasteiger charge is 2.12. The standard InChI is InChI=1S/C22H26N4O2/c1-5-8-15(3)20-11-17(24-13-18-14-28-16(4)25-18)12-21(26-20)19-9-7-10-23-22(19)27-6-2/h7-12,14H,5-6,13H2,1-4H3,(H,24,26). The lowest BCUT2D eigenvalue weighted by atomic mass is 10.1. The third kappa shape index (κ3) is 4.76. The van der Waals surface area contributed by atoms with Gasteiger partial charge in [-0.2, -0.15) is 0 Å². The average molecular weight is 378 g/mol. The topological polar surface area (TPSA) is 73.1 Å². The normalized spacial score (nSPS) is 11.5. The van der Waals surface area contributed by atoms with Crippen LogP contribution >= 0.6 is 0 Å². The van der Waals surface area contributed by atoms with E-state index in [-0.39, 0.29) is 0 Å². The molecule has 1 N–H and O–H groups in total. The van der Waals surface area contributed by atoms with E-state index in [1.54, 1.807) is 12.5 Å². The third-order valence-electron chi connectivity index (χ3n) is 4.21. The molecule has 0 aliphatic rings. The molecular formula is C22H26N4O2. The van der Waals surface area contributed by atoms with E-state index in [1.165, 1.54) is 0 Å². The number of hydrogen-bond donors (Lipinski definition) is 1. The highest BCUT2D eigenvalue weighted by molar-refractivity contribution is 5.73. The number of oxazole rings is 1. The number of pyridine rings is 2. The Balaban J connectivity index is 1.99. The lowest BCUT2D eigenvalue weighted by Gasteiger charge is -2.13. The van der Waals surface area contributed by atoms with Crippen LogP contribution in [0, 0.1) is 6.92 Å². The van der Waals surface area contributed by atoms with Gasteiger partial charge < -0.3 is 14.5 Å². The van der Waals surface area contributed by atoms with Crippen LogP contribution < -0.4 is 10.1 Å². The van der Waals surface area contributed by atoms with Crippen molar-refractivity contribution in [3.63, 3.8) is 0 Å². The van der Waals surface area contributed by atoms with Crippen molar-refractivity contribution >= 4 is 11.3 Å². The Hall–Kier alpha value is -3.15. The Morgan fingerprint density at radius 1 is 1.25 bits per heavy atom. The smallest absolute Gasteiger partial charge is 0.222 e. The fourth-order valence-corrected chi connectivity index (χ4v) is 2.90. The van der Waals surface area contributed by atoms with Gasteiger partial charge in [0, 0.05) is 18.8 Å². The molecule has 0 fully saturated rings. The van der Waals surface area contributed by atoms with E-state index in [4.69, 9.17) is 14.1 Å². The van der Waals surface area contributed by atoms with Crippen molar-refractivity contribution in [2.75, 3.05) is 11.9 Å². The first-order valence-electron chi connectivity index (χ1n) is 9.53. The van der Waals surface area contributed by atoms with Gasteiger partial charge in [0.25, 0.3) is 0 Å². The van der Waals surface area contributed by atoms with Crippen molar-refractivity contribution in [3.8, 4) is 17.1 Å². The summed E-state index contributed by atoms with van der Waals surface area (Å²) in [5.41, 5.74) is 5.55. The fraction of sp³-hybridized carbons (Fsp3) is 0.318. The number of nitrogens with one attached hydrogen (secondary N) is 1.